The van der Waals surface area contributed by atoms with Crippen molar-refractivity contribution in [2.75, 3.05) is 0 Å². The van der Waals surface area contributed by atoms with Crippen LogP contribution >= 0.6 is 0 Å². The maximum Gasteiger partial charge on any atom is 0.341 e. The normalized spacial score (nSPS) is 10.5. The van der Waals surface area contributed by atoms with Gasteiger partial charge in [-0.1, -0.05) is 30.3 Å². The molecule has 4 nitrogen and oxygen atoms in total. The van der Waals surface area contributed by atoms with E-state index in [9.17, 15) is 9.59 Å². The molecule has 0 fully saturated rings. The fraction of sp³-hybridized carbons (Fsp3) is 0.294. The fourth-order valence-electron chi connectivity index (χ4n) is 2.36. The summed E-state index contributed by atoms with van der Waals surface area (Å²) in [4.78, 5) is 23.1. The topological polar surface area (TPSA) is 59.3 Å². The molecule has 21 heavy (non-hydrogen) atoms. The van der Waals surface area contributed by atoms with Crippen molar-refractivity contribution in [3.8, 4) is 0 Å². The number of benzene rings is 1. The lowest BCUT2D eigenvalue weighted by atomic mass is 10.1. The lowest BCUT2D eigenvalue weighted by Gasteiger charge is -2.10. The molecule has 0 aliphatic heterocycles. The molecule has 1 aromatic carbocycles. The molecule has 0 saturated carbocycles. The highest BCUT2D eigenvalue weighted by Crippen LogP contribution is 2.06. The Morgan fingerprint density at radius 1 is 1.10 bits per heavy atom. The van der Waals surface area contributed by atoms with E-state index in [4.69, 9.17) is 5.11 Å². The third-order valence-electron chi connectivity index (χ3n) is 3.56. The van der Waals surface area contributed by atoms with Crippen molar-refractivity contribution in [3.05, 3.63) is 69.6 Å². The maximum absolute atomic E-state index is 12.1. The summed E-state index contributed by atoms with van der Waals surface area (Å²) in [6, 6.07) is 13.2. The van der Waals surface area contributed by atoms with Gasteiger partial charge in [0.15, 0.2) is 0 Å². The predicted molar refractivity (Wildman–Crippen MR) is 81.8 cm³/mol. The van der Waals surface area contributed by atoms with Gasteiger partial charge in [-0.05, 0) is 43.9 Å². The molecule has 0 atom stereocenters. The van der Waals surface area contributed by atoms with Crippen LogP contribution in [-0.4, -0.2) is 15.6 Å². The van der Waals surface area contributed by atoms with Crippen molar-refractivity contribution in [1.29, 1.82) is 0 Å². The van der Waals surface area contributed by atoms with E-state index in [1.807, 2.05) is 25.1 Å². The van der Waals surface area contributed by atoms with Gasteiger partial charge in [-0.25, -0.2) is 4.79 Å². The number of hydrogen-bond acceptors (Lipinski definition) is 2. The van der Waals surface area contributed by atoms with Gasteiger partial charge in [-0.2, -0.15) is 0 Å². The molecule has 0 radical (unpaired) electrons. The second-order valence-corrected chi connectivity index (χ2v) is 5.09. The van der Waals surface area contributed by atoms with Gasteiger partial charge in [0, 0.05) is 12.2 Å². The number of hydrogen-bond donors (Lipinski definition) is 1. The summed E-state index contributed by atoms with van der Waals surface area (Å²) < 4.78 is 1.55. The first-order chi connectivity index (χ1) is 10.1. The zero-order chi connectivity index (χ0) is 15.2. The number of aromatic carboxylic acids is 1. The molecule has 0 saturated heterocycles. The second-order valence-electron chi connectivity index (χ2n) is 5.09. The Hall–Kier alpha value is -2.36. The lowest BCUT2D eigenvalue weighted by Crippen LogP contribution is -2.27. The first kappa shape index (κ1) is 15.0. The molecule has 110 valence electrons. The third-order valence-corrected chi connectivity index (χ3v) is 3.56. The van der Waals surface area contributed by atoms with Crippen LogP contribution in [0.3, 0.4) is 0 Å². The average Bonchev–Trinajstić information content (AvgIpc) is 2.47. The zero-order valence-electron chi connectivity index (χ0n) is 12.1. The van der Waals surface area contributed by atoms with Gasteiger partial charge >= 0.3 is 5.97 Å². The average molecular weight is 285 g/mol. The highest BCUT2D eigenvalue weighted by Gasteiger charge is 2.11. The van der Waals surface area contributed by atoms with E-state index in [-0.39, 0.29) is 5.56 Å². The van der Waals surface area contributed by atoms with Gasteiger partial charge in [0.2, 0.25) is 0 Å². The molecule has 2 rings (SSSR count). The molecular weight excluding hydrogens is 266 g/mol. The summed E-state index contributed by atoms with van der Waals surface area (Å²) in [6.07, 6.45) is 2.78. The number of carboxylic acids is 1. The van der Waals surface area contributed by atoms with Crippen LogP contribution in [0.15, 0.2) is 47.3 Å². The fourth-order valence-corrected chi connectivity index (χ4v) is 2.36. The van der Waals surface area contributed by atoms with Crippen molar-refractivity contribution in [1.82, 2.24) is 4.57 Å². The van der Waals surface area contributed by atoms with Crippen LogP contribution < -0.4 is 5.56 Å². The second kappa shape index (κ2) is 6.88. The van der Waals surface area contributed by atoms with Gasteiger partial charge in [-0.15, -0.1) is 0 Å². The van der Waals surface area contributed by atoms with Crippen LogP contribution in [0.4, 0.5) is 0 Å². The van der Waals surface area contributed by atoms with Gasteiger partial charge in [0.25, 0.3) is 5.56 Å². The molecule has 1 heterocycles. The molecule has 0 aliphatic rings. The van der Waals surface area contributed by atoms with E-state index in [1.165, 1.54) is 11.6 Å². The Balaban J connectivity index is 1.99. The minimum Gasteiger partial charge on any atom is -0.477 e. The number of aryl methyl sites for hydroxylation is 2. The number of pyridine rings is 1. The van der Waals surface area contributed by atoms with Gasteiger partial charge in [-0.3, -0.25) is 4.79 Å². The number of carboxylic acid groups (broad SMARTS) is 1. The smallest absolute Gasteiger partial charge is 0.341 e. The molecule has 0 bridgehead atoms. The van der Waals surface area contributed by atoms with Crippen molar-refractivity contribution in [2.24, 2.45) is 0 Å². The Kier molecular flexibility index (Phi) is 4.93. The highest BCUT2D eigenvalue weighted by molar-refractivity contribution is 5.87. The van der Waals surface area contributed by atoms with Gasteiger partial charge in [0.05, 0.1) is 0 Å². The summed E-state index contributed by atoms with van der Waals surface area (Å²) in [5.41, 5.74) is 1.50. The predicted octanol–water partition coefficient (Wildman–Crippen LogP) is 2.88. The van der Waals surface area contributed by atoms with Crippen LogP contribution in [-0.2, 0) is 13.0 Å². The first-order valence-corrected chi connectivity index (χ1v) is 7.07. The van der Waals surface area contributed by atoms with E-state index >= 15 is 0 Å². The standard InChI is InChI=1S/C17H19NO3/c1-13-10-11-15(17(20)21)16(19)18(13)12-6-5-9-14-7-3-2-4-8-14/h2-4,7-8,10-11H,5-6,9,12H2,1H3,(H,20,21). The molecule has 0 amide bonds. The summed E-state index contributed by atoms with van der Waals surface area (Å²) in [5.74, 6) is -1.17. The minimum absolute atomic E-state index is 0.163. The van der Waals surface area contributed by atoms with Crippen LogP contribution in [0.1, 0.15) is 34.5 Å². The van der Waals surface area contributed by atoms with E-state index in [0.29, 0.717) is 6.54 Å². The Morgan fingerprint density at radius 3 is 2.48 bits per heavy atom. The highest BCUT2D eigenvalue weighted by atomic mass is 16.4. The van der Waals surface area contributed by atoms with E-state index in [2.05, 4.69) is 12.1 Å². The van der Waals surface area contributed by atoms with E-state index in [0.717, 1.165) is 25.0 Å². The Morgan fingerprint density at radius 2 is 1.81 bits per heavy atom. The maximum atomic E-state index is 12.1. The molecule has 4 heteroatoms. The van der Waals surface area contributed by atoms with Gasteiger partial charge in [0.1, 0.15) is 5.56 Å². The quantitative estimate of drug-likeness (QED) is 0.830. The number of rotatable bonds is 6. The summed E-state index contributed by atoms with van der Waals surface area (Å²) in [7, 11) is 0. The summed E-state index contributed by atoms with van der Waals surface area (Å²) >= 11 is 0. The lowest BCUT2D eigenvalue weighted by molar-refractivity contribution is 0.0694. The third kappa shape index (κ3) is 3.81. The molecule has 2 aromatic rings. The van der Waals surface area contributed by atoms with E-state index in [1.54, 1.807) is 10.6 Å². The van der Waals surface area contributed by atoms with Crippen LogP contribution in [0.25, 0.3) is 0 Å². The van der Waals surface area contributed by atoms with E-state index < -0.39 is 11.5 Å². The van der Waals surface area contributed by atoms with Crippen LogP contribution in [0.5, 0.6) is 0 Å². The monoisotopic (exact) mass is 285 g/mol. The largest absolute Gasteiger partial charge is 0.477 e. The van der Waals surface area contributed by atoms with Gasteiger partial charge < -0.3 is 9.67 Å². The molecular formula is C17H19NO3. The number of aromatic nitrogens is 1. The summed E-state index contributed by atoms with van der Waals surface area (Å²) in [5, 5.41) is 8.99. The Bertz CT molecular complexity index is 674. The molecule has 0 spiro atoms. The first-order valence-electron chi connectivity index (χ1n) is 7.07. The molecule has 1 N–H and O–H groups in total. The van der Waals surface area contributed by atoms with Crippen molar-refractivity contribution >= 4 is 5.97 Å². The molecule has 1 aromatic heterocycles. The minimum atomic E-state index is -1.17. The van der Waals surface area contributed by atoms with Crippen molar-refractivity contribution < 1.29 is 9.90 Å². The molecule has 0 unspecified atom stereocenters. The van der Waals surface area contributed by atoms with Crippen LogP contribution in [0, 0.1) is 6.92 Å². The number of nitrogens with zero attached hydrogens (tertiary/aromatic N) is 1. The van der Waals surface area contributed by atoms with Crippen molar-refractivity contribution in [3.63, 3.8) is 0 Å². The summed E-state index contributed by atoms with van der Waals surface area (Å²) in [6.45, 7) is 2.38. The van der Waals surface area contributed by atoms with Crippen molar-refractivity contribution in [2.45, 2.75) is 32.7 Å². The molecule has 0 aliphatic carbocycles. The SMILES string of the molecule is Cc1ccc(C(=O)O)c(=O)n1CCCCc1ccccc1. The zero-order valence-corrected chi connectivity index (χ0v) is 12.1. The number of carbonyl (C=O) groups is 1. The number of unbranched alkanes of at least 4 members (excludes halogenated alkanes) is 1. The Labute approximate surface area is 123 Å². The van der Waals surface area contributed by atoms with Crippen LogP contribution in [0.2, 0.25) is 0 Å².